The Bertz CT molecular complexity index is 697. The summed E-state index contributed by atoms with van der Waals surface area (Å²) in [4.78, 5) is 12.0. The first-order valence-corrected chi connectivity index (χ1v) is 6.72. The second-order valence-corrected chi connectivity index (χ2v) is 5.32. The molecule has 0 saturated heterocycles. The van der Waals surface area contributed by atoms with E-state index in [-0.39, 0.29) is 5.97 Å². The van der Waals surface area contributed by atoms with Crippen LogP contribution in [-0.2, 0) is 4.74 Å². The first kappa shape index (κ1) is 12.7. The van der Waals surface area contributed by atoms with Crippen LogP contribution in [0.1, 0.15) is 41.3 Å². The minimum absolute atomic E-state index is 0.301. The SMILES string of the molecule is C=C1OC(=O)c2cc(-c3ccccc3)cc(C(C)C)c21. The van der Waals surface area contributed by atoms with Crippen LogP contribution in [-0.4, -0.2) is 5.97 Å². The van der Waals surface area contributed by atoms with E-state index in [0.29, 0.717) is 17.2 Å². The minimum atomic E-state index is -0.301. The molecule has 0 unspecified atom stereocenters. The molecular weight excluding hydrogens is 248 g/mol. The first-order valence-electron chi connectivity index (χ1n) is 6.72. The van der Waals surface area contributed by atoms with Gasteiger partial charge in [-0.2, -0.15) is 0 Å². The number of ether oxygens (including phenoxy) is 1. The van der Waals surface area contributed by atoms with Gasteiger partial charge in [0.25, 0.3) is 0 Å². The first-order chi connectivity index (χ1) is 9.58. The molecule has 0 bridgehead atoms. The van der Waals surface area contributed by atoms with Crippen LogP contribution in [0, 0.1) is 0 Å². The number of cyclic esters (lactones) is 1. The predicted octanol–water partition coefficient (Wildman–Crippen LogP) is 4.62. The van der Waals surface area contributed by atoms with Crippen LogP contribution in [0.15, 0.2) is 49.0 Å². The molecule has 0 fully saturated rings. The molecule has 0 saturated carbocycles. The average Bonchev–Trinajstić information content (AvgIpc) is 2.74. The third-order valence-electron chi connectivity index (χ3n) is 3.61. The van der Waals surface area contributed by atoms with Crippen molar-refractivity contribution in [3.63, 3.8) is 0 Å². The number of benzene rings is 2. The van der Waals surface area contributed by atoms with Gasteiger partial charge < -0.3 is 4.74 Å². The summed E-state index contributed by atoms with van der Waals surface area (Å²) in [5.41, 5.74) is 4.74. The largest absolute Gasteiger partial charge is 0.423 e. The van der Waals surface area contributed by atoms with E-state index in [1.165, 1.54) is 0 Å². The number of rotatable bonds is 2. The van der Waals surface area contributed by atoms with Crippen molar-refractivity contribution >= 4 is 11.7 Å². The third kappa shape index (κ3) is 1.94. The van der Waals surface area contributed by atoms with Crippen molar-refractivity contribution in [2.75, 3.05) is 0 Å². The summed E-state index contributed by atoms with van der Waals surface area (Å²) in [5.74, 6) is 0.469. The Morgan fingerprint density at radius 3 is 2.40 bits per heavy atom. The number of esters is 1. The van der Waals surface area contributed by atoms with Gasteiger partial charge >= 0.3 is 5.97 Å². The molecule has 0 aromatic heterocycles. The van der Waals surface area contributed by atoms with Gasteiger partial charge in [-0.3, -0.25) is 0 Å². The lowest BCUT2D eigenvalue weighted by molar-refractivity contribution is 0.0716. The van der Waals surface area contributed by atoms with Crippen molar-refractivity contribution in [2.45, 2.75) is 19.8 Å². The summed E-state index contributed by atoms with van der Waals surface area (Å²) in [5, 5.41) is 0. The molecule has 0 spiro atoms. The molecule has 1 aliphatic rings. The summed E-state index contributed by atoms with van der Waals surface area (Å²) in [6, 6.07) is 14.1. The third-order valence-corrected chi connectivity index (χ3v) is 3.61. The summed E-state index contributed by atoms with van der Waals surface area (Å²) >= 11 is 0. The van der Waals surface area contributed by atoms with Crippen molar-refractivity contribution < 1.29 is 9.53 Å². The smallest absolute Gasteiger partial charge is 0.344 e. The fourth-order valence-corrected chi connectivity index (χ4v) is 2.61. The van der Waals surface area contributed by atoms with Gasteiger partial charge in [0.05, 0.1) is 5.56 Å². The molecule has 3 rings (SSSR count). The normalized spacial score (nSPS) is 13.6. The summed E-state index contributed by atoms with van der Waals surface area (Å²) in [7, 11) is 0. The zero-order chi connectivity index (χ0) is 14.3. The maximum absolute atomic E-state index is 12.0. The molecule has 2 aromatic rings. The Hall–Kier alpha value is -2.35. The average molecular weight is 264 g/mol. The van der Waals surface area contributed by atoms with Gasteiger partial charge in [0.1, 0.15) is 5.76 Å². The second-order valence-electron chi connectivity index (χ2n) is 5.32. The van der Waals surface area contributed by atoms with Gasteiger partial charge in [0.2, 0.25) is 0 Å². The van der Waals surface area contributed by atoms with E-state index in [1.54, 1.807) is 0 Å². The molecule has 0 radical (unpaired) electrons. The van der Waals surface area contributed by atoms with E-state index < -0.39 is 0 Å². The van der Waals surface area contributed by atoms with E-state index in [1.807, 2.05) is 36.4 Å². The topological polar surface area (TPSA) is 26.3 Å². The number of carbonyl (C=O) groups is 1. The fourth-order valence-electron chi connectivity index (χ4n) is 2.61. The van der Waals surface area contributed by atoms with Gasteiger partial charge in [0.15, 0.2) is 0 Å². The Morgan fingerprint density at radius 1 is 1.05 bits per heavy atom. The highest BCUT2D eigenvalue weighted by molar-refractivity contribution is 6.04. The van der Waals surface area contributed by atoms with Gasteiger partial charge in [-0.1, -0.05) is 56.8 Å². The molecule has 100 valence electrons. The lowest BCUT2D eigenvalue weighted by Crippen LogP contribution is -1.99. The predicted molar refractivity (Wildman–Crippen MR) is 80.4 cm³/mol. The van der Waals surface area contributed by atoms with Crippen LogP contribution in [0.3, 0.4) is 0 Å². The Labute approximate surface area is 118 Å². The quantitative estimate of drug-likeness (QED) is 0.740. The number of hydrogen-bond acceptors (Lipinski definition) is 2. The summed E-state index contributed by atoms with van der Waals surface area (Å²) < 4.78 is 5.18. The van der Waals surface area contributed by atoms with Crippen LogP contribution >= 0.6 is 0 Å². The lowest BCUT2D eigenvalue weighted by Gasteiger charge is -2.13. The van der Waals surface area contributed by atoms with Crippen molar-refractivity contribution in [3.8, 4) is 11.1 Å². The van der Waals surface area contributed by atoms with Crippen molar-refractivity contribution in [3.05, 3.63) is 65.7 Å². The zero-order valence-corrected chi connectivity index (χ0v) is 11.6. The van der Waals surface area contributed by atoms with Crippen molar-refractivity contribution in [1.82, 2.24) is 0 Å². The number of fused-ring (bicyclic) bond motifs is 1. The molecular formula is C18H16O2. The standard InChI is InChI=1S/C18H16O2/c1-11(2)15-9-14(13-7-5-4-6-8-13)10-16-17(15)12(3)20-18(16)19/h4-11H,3H2,1-2H3. The lowest BCUT2D eigenvalue weighted by atomic mass is 9.89. The van der Waals surface area contributed by atoms with Gasteiger partial charge in [0, 0.05) is 5.56 Å². The molecule has 0 atom stereocenters. The highest BCUT2D eigenvalue weighted by atomic mass is 16.5. The maximum atomic E-state index is 12.0. The number of hydrogen-bond donors (Lipinski definition) is 0. The van der Waals surface area contributed by atoms with E-state index in [0.717, 1.165) is 22.3 Å². The van der Waals surface area contributed by atoms with Crippen LogP contribution in [0.4, 0.5) is 0 Å². The summed E-state index contributed by atoms with van der Waals surface area (Å²) in [6.07, 6.45) is 0. The van der Waals surface area contributed by atoms with E-state index >= 15 is 0 Å². The molecule has 20 heavy (non-hydrogen) atoms. The zero-order valence-electron chi connectivity index (χ0n) is 11.6. The minimum Gasteiger partial charge on any atom is -0.423 e. The highest BCUT2D eigenvalue weighted by Gasteiger charge is 2.29. The van der Waals surface area contributed by atoms with Crippen molar-refractivity contribution in [2.24, 2.45) is 0 Å². The molecule has 0 amide bonds. The monoisotopic (exact) mass is 264 g/mol. The van der Waals surface area contributed by atoms with Crippen LogP contribution in [0.2, 0.25) is 0 Å². The second kappa shape index (κ2) is 4.64. The molecule has 0 N–H and O–H groups in total. The van der Waals surface area contributed by atoms with Gasteiger partial charge in [-0.15, -0.1) is 0 Å². The number of carbonyl (C=O) groups excluding carboxylic acids is 1. The fraction of sp³-hybridized carbons (Fsp3) is 0.167. The van der Waals surface area contributed by atoms with E-state index in [4.69, 9.17) is 4.74 Å². The highest BCUT2D eigenvalue weighted by Crippen LogP contribution is 2.38. The van der Waals surface area contributed by atoms with Crippen LogP contribution in [0.25, 0.3) is 16.9 Å². The maximum Gasteiger partial charge on any atom is 0.344 e. The molecule has 1 heterocycles. The molecule has 2 heteroatoms. The van der Waals surface area contributed by atoms with Gasteiger partial charge in [-0.25, -0.2) is 4.79 Å². The van der Waals surface area contributed by atoms with Gasteiger partial charge in [-0.05, 0) is 28.7 Å². The van der Waals surface area contributed by atoms with Crippen LogP contribution in [0.5, 0.6) is 0 Å². The molecule has 0 aliphatic carbocycles. The van der Waals surface area contributed by atoms with E-state index in [2.05, 4.69) is 26.5 Å². The van der Waals surface area contributed by atoms with Crippen LogP contribution < -0.4 is 0 Å². The Kier molecular flexibility index (Phi) is 2.94. The molecule has 1 aliphatic heterocycles. The van der Waals surface area contributed by atoms with Crippen molar-refractivity contribution in [1.29, 1.82) is 0 Å². The van der Waals surface area contributed by atoms with E-state index in [9.17, 15) is 4.79 Å². The molecule has 2 nitrogen and oxygen atoms in total. The Morgan fingerprint density at radius 2 is 1.75 bits per heavy atom. The molecule has 2 aromatic carbocycles. The Balaban J connectivity index is 2.26. The summed E-state index contributed by atoms with van der Waals surface area (Å²) in [6.45, 7) is 8.07.